The molecule has 0 atom stereocenters. The molecule has 0 aromatic carbocycles. The number of halogens is 1. The van der Waals surface area contributed by atoms with Crippen molar-refractivity contribution in [3.05, 3.63) is 0 Å². The molecule has 0 rings (SSSR count). The first-order valence-electron chi connectivity index (χ1n) is 3.96. The first kappa shape index (κ1) is 12.3. The molecule has 13 heavy (non-hydrogen) atoms. The fourth-order valence-electron chi connectivity index (χ4n) is 0.818. The second-order valence-corrected chi connectivity index (χ2v) is 5.00. The maximum atomic E-state index is 11.7. The van der Waals surface area contributed by atoms with Crippen LogP contribution < -0.4 is 0 Å². The van der Waals surface area contributed by atoms with Crippen LogP contribution in [0.1, 0.15) is 19.3 Å². The topological polar surface area (TPSA) is 71.4 Å². The zero-order chi connectivity index (χ0) is 10.3. The smallest absolute Gasteiger partial charge is 0.303 e. The molecule has 4 nitrogen and oxygen atoms in total. The van der Waals surface area contributed by atoms with Crippen molar-refractivity contribution in [2.75, 3.05) is 18.2 Å². The van der Waals surface area contributed by atoms with Gasteiger partial charge < -0.3 is 5.11 Å². The van der Waals surface area contributed by atoms with E-state index in [0.717, 1.165) is 0 Å². The van der Waals surface area contributed by atoms with Gasteiger partial charge in [0.05, 0.1) is 11.5 Å². The highest BCUT2D eigenvalue weighted by Gasteiger charge is 2.09. The second-order valence-electron chi connectivity index (χ2n) is 2.69. The van der Waals surface area contributed by atoms with Crippen LogP contribution in [0.5, 0.6) is 0 Å². The highest BCUT2D eigenvalue weighted by Crippen LogP contribution is 2.00. The molecule has 0 unspecified atom stereocenters. The number of unbranched alkanes of at least 4 members (excludes halogenated alkanes) is 1. The number of rotatable bonds is 7. The molecule has 0 aliphatic carbocycles. The Morgan fingerprint density at radius 1 is 1.23 bits per heavy atom. The van der Waals surface area contributed by atoms with E-state index < -0.39 is 28.2 Å². The molecule has 1 N–H and O–H groups in total. The Bertz CT molecular complexity index is 247. The van der Waals surface area contributed by atoms with Gasteiger partial charge in [-0.3, -0.25) is 4.79 Å². The summed E-state index contributed by atoms with van der Waals surface area (Å²) in [6.45, 7) is -0.874. The summed E-state index contributed by atoms with van der Waals surface area (Å²) in [5.41, 5.74) is 0. The van der Waals surface area contributed by atoms with Gasteiger partial charge in [0.25, 0.3) is 0 Å². The Morgan fingerprint density at radius 3 is 2.31 bits per heavy atom. The third-order valence-electron chi connectivity index (χ3n) is 1.48. The average Bonchev–Trinajstić information content (AvgIpc) is 1.98. The van der Waals surface area contributed by atoms with E-state index in [0.29, 0.717) is 6.42 Å². The molecule has 0 bridgehead atoms. The van der Waals surface area contributed by atoms with E-state index in [4.69, 9.17) is 5.11 Å². The van der Waals surface area contributed by atoms with Crippen molar-refractivity contribution in [1.29, 1.82) is 0 Å². The van der Waals surface area contributed by atoms with Crippen molar-refractivity contribution in [3.8, 4) is 0 Å². The zero-order valence-corrected chi connectivity index (χ0v) is 8.02. The molecule has 0 radical (unpaired) electrons. The number of carboxylic acids is 1. The van der Waals surface area contributed by atoms with Gasteiger partial charge >= 0.3 is 5.97 Å². The first-order valence-corrected chi connectivity index (χ1v) is 5.78. The third-order valence-corrected chi connectivity index (χ3v) is 3.17. The lowest BCUT2D eigenvalue weighted by atomic mass is 10.3. The molecule has 0 aromatic heterocycles. The maximum absolute atomic E-state index is 11.7. The molecule has 0 aliphatic heterocycles. The normalized spacial score (nSPS) is 11.5. The molecule has 0 aliphatic rings. The van der Waals surface area contributed by atoms with Crippen molar-refractivity contribution in [2.45, 2.75) is 19.3 Å². The van der Waals surface area contributed by atoms with Crippen LogP contribution in [0.15, 0.2) is 0 Å². The lowest BCUT2D eigenvalue weighted by Crippen LogP contribution is -2.12. The minimum Gasteiger partial charge on any atom is -0.481 e. The molecule has 0 saturated heterocycles. The zero-order valence-electron chi connectivity index (χ0n) is 7.20. The predicted octanol–water partition coefficient (Wildman–Crippen LogP) is 0.626. The summed E-state index contributed by atoms with van der Waals surface area (Å²) in [5, 5.41) is 8.24. The molecule has 78 valence electrons. The SMILES string of the molecule is O=C(O)CCCCS(=O)(=O)CCF. The van der Waals surface area contributed by atoms with Gasteiger partial charge in [-0.05, 0) is 12.8 Å². The van der Waals surface area contributed by atoms with Gasteiger partial charge in [-0.25, -0.2) is 12.8 Å². The van der Waals surface area contributed by atoms with Crippen LogP contribution in [-0.4, -0.2) is 37.7 Å². The molecule has 0 spiro atoms. The van der Waals surface area contributed by atoms with E-state index in [1.165, 1.54) is 0 Å². The van der Waals surface area contributed by atoms with Gasteiger partial charge in [0.15, 0.2) is 9.84 Å². The number of hydrogen-bond donors (Lipinski definition) is 1. The lowest BCUT2D eigenvalue weighted by molar-refractivity contribution is -0.137. The van der Waals surface area contributed by atoms with Crippen molar-refractivity contribution in [3.63, 3.8) is 0 Å². The molecule has 0 aromatic rings. The van der Waals surface area contributed by atoms with Crippen LogP contribution in [0, 0.1) is 0 Å². The number of carbonyl (C=O) groups is 1. The Balaban J connectivity index is 3.58. The van der Waals surface area contributed by atoms with Gasteiger partial charge in [0.2, 0.25) is 0 Å². The van der Waals surface area contributed by atoms with E-state index in [-0.39, 0.29) is 18.6 Å². The minimum absolute atomic E-state index is 0.0366. The number of aliphatic carboxylic acids is 1. The van der Waals surface area contributed by atoms with E-state index in [1.807, 2.05) is 0 Å². The Hall–Kier alpha value is -0.650. The van der Waals surface area contributed by atoms with Crippen molar-refractivity contribution in [2.24, 2.45) is 0 Å². The van der Waals surface area contributed by atoms with Crippen molar-refractivity contribution < 1.29 is 22.7 Å². The second kappa shape index (κ2) is 5.90. The summed E-state index contributed by atoms with van der Waals surface area (Å²) >= 11 is 0. The van der Waals surface area contributed by atoms with Gasteiger partial charge in [0, 0.05) is 6.42 Å². The van der Waals surface area contributed by atoms with Gasteiger partial charge in [0.1, 0.15) is 6.67 Å². The molecule has 0 amide bonds. The Kier molecular flexibility index (Phi) is 5.61. The van der Waals surface area contributed by atoms with E-state index in [9.17, 15) is 17.6 Å². The van der Waals surface area contributed by atoms with Gasteiger partial charge in [-0.1, -0.05) is 0 Å². The first-order chi connectivity index (χ1) is 5.98. The molecule has 0 heterocycles. The summed E-state index contributed by atoms with van der Waals surface area (Å²) in [6.07, 6.45) is 0.570. The minimum atomic E-state index is -3.30. The van der Waals surface area contributed by atoms with E-state index >= 15 is 0 Å². The number of hydrogen-bond acceptors (Lipinski definition) is 3. The van der Waals surface area contributed by atoms with Crippen molar-refractivity contribution >= 4 is 15.8 Å². The summed E-state index contributed by atoms with van der Waals surface area (Å²) in [4.78, 5) is 10.0. The van der Waals surface area contributed by atoms with E-state index in [2.05, 4.69) is 0 Å². The summed E-state index contributed by atoms with van der Waals surface area (Å²) in [5.74, 6) is -1.52. The van der Waals surface area contributed by atoms with Crippen LogP contribution in [0.3, 0.4) is 0 Å². The highest BCUT2D eigenvalue weighted by atomic mass is 32.2. The fraction of sp³-hybridized carbons (Fsp3) is 0.857. The largest absolute Gasteiger partial charge is 0.481 e. The molecular formula is C7H13FO4S. The predicted molar refractivity (Wildman–Crippen MR) is 46.1 cm³/mol. The van der Waals surface area contributed by atoms with Crippen LogP contribution in [0.4, 0.5) is 4.39 Å². The number of carboxylic acid groups (broad SMARTS) is 1. The van der Waals surface area contributed by atoms with Crippen LogP contribution >= 0.6 is 0 Å². The third kappa shape index (κ3) is 7.70. The number of sulfone groups is 1. The van der Waals surface area contributed by atoms with Crippen LogP contribution in [-0.2, 0) is 14.6 Å². The fourth-order valence-corrected chi connectivity index (χ4v) is 1.90. The van der Waals surface area contributed by atoms with E-state index in [1.54, 1.807) is 0 Å². The number of alkyl halides is 1. The molecular weight excluding hydrogens is 199 g/mol. The molecule has 0 saturated carbocycles. The van der Waals surface area contributed by atoms with Gasteiger partial charge in [-0.2, -0.15) is 0 Å². The summed E-state index contributed by atoms with van der Waals surface area (Å²) in [6, 6.07) is 0. The Morgan fingerprint density at radius 2 is 1.85 bits per heavy atom. The molecule has 6 heteroatoms. The Labute approximate surface area is 76.7 Å². The van der Waals surface area contributed by atoms with Crippen LogP contribution in [0.25, 0.3) is 0 Å². The lowest BCUT2D eigenvalue weighted by Gasteiger charge is -1.99. The molecule has 0 fully saturated rings. The quantitative estimate of drug-likeness (QED) is 0.628. The van der Waals surface area contributed by atoms with Crippen molar-refractivity contribution in [1.82, 2.24) is 0 Å². The average molecular weight is 212 g/mol. The van der Waals surface area contributed by atoms with Crippen LogP contribution in [0.2, 0.25) is 0 Å². The highest BCUT2D eigenvalue weighted by molar-refractivity contribution is 7.91. The maximum Gasteiger partial charge on any atom is 0.303 e. The standard InChI is InChI=1S/C7H13FO4S/c8-4-6-13(11,12)5-2-1-3-7(9)10/h1-6H2,(H,9,10). The monoisotopic (exact) mass is 212 g/mol. The summed E-state index contributed by atoms with van der Waals surface area (Å²) in [7, 11) is -3.30. The van der Waals surface area contributed by atoms with Gasteiger partial charge in [-0.15, -0.1) is 0 Å². The summed E-state index contributed by atoms with van der Waals surface area (Å²) < 4.78 is 33.4.